The first-order valence-corrected chi connectivity index (χ1v) is 6.79. The summed E-state index contributed by atoms with van der Waals surface area (Å²) in [4.78, 5) is 0. The van der Waals surface area contributed by atoms with Crippen molar-refractivity contribution in [1.29, 1.82) is 0 Å². The van der Waals surface area contributed by atoms with E-state index >= 15 is 0 Å². The van der Waals surface area contributed by atoms with Crippen molar-refractivity contribution >= 4 is 0 Å². The molecule has 1 N–H and O–H groups in total. The Hall–Kier alpha value is -0.860. The van der Waals surface area contributed by atoms with Gasteiger partial charge >= 0.3 is 0 Å². The van der Waals surface area contributed by atoms with Gasteiger partial charge in [-0.1, -0.05) is 31.2 Å². The lowest BCUT2D eigenvalue weighted by atomic mass is 10.1. The predicted molar refractivity (Wildman–Crippen MR) is 71.1 cm³/mol. The first-order valence-electron chi connectivity index (χ1n) is 6.79. The van der Waals surface area contributed by atoms with Gasteiger partial charge in [-0.05, 0) is 36.8 Å². The van der Waals surface area contributed by atoms with Gasteiger partial charge in [-0.3, -0.25) is 0 Å². The molecular weight excluding hydrogens is 210 g/mol. The van der Waals surface area contributed by atoms with Gasteiger partial charge in [0.1, 0.15) is 0 Å². The van der Waals surface area contributed by atoms with E-state index in [-0.39, 0.29) is 0 Å². The van der Waals surface area contributed by atoms with Crippen molar-refractivity contribution < 1.29 is 4.74 Å². The maximum absolute atomic E-state index is 5.71. The van der Waals surface area contributed by atoms with Gasteiger partial charge in [0.05, 0.1) is 6.10 Å². The lowest BCUT2D eigenvalue weighted by Crippen LogP contribution is -2.31. The fourth-order valence-electron chi connectivity index (χ4n) is 2.41. The fraction of sp³-hybridized carbons (Fsp3) is 0.600. The molecule has 1 aromatic carbocycles. The van der Waals surface area contributed by atoms with Crippen molar-refractivity contribution in [3.8, 4) is 0 Å². The highest BCUT2D eigenvalue weighted by atomic mass is 16.5. The molecule has 2 rings (SSSR count). The number of aryl methyl sites for hydroxylation is 1. The van der Waals surface area contributed by atoms with E-state index in [0.717, 1.165) is 26.1 Å². The van der Waals surface area contributed by atoms with Crippen LogP contribution in [0.15, 0.2) is 24.3 Å². The van der Waals surface area contributed by atoms with Crippen LogP contribution < -0.4 is 5.32 Å². The van der Waals surface area contributed by atoms with Crippen LogP contribution in [0.25, 0.3) is 0 Å². The minimum atomic E-state index is 0.428. The van der Waals surface area contributed by atoms with Gasteiger partial charge in [-0.15, -0.1) is 0 Å². The summed E-state index contributed by atoms with van der Waals surface area (Å²) in [5.41, 5.74) is 2.87. The second-order valence-electron chi connectivity index (χ2n) is 4.74. The molecule has 1 atom stereocenters. The maximum atomic E-state index is 5.71. The van der Waals surface area contributed by atoms with Crippen LogP contribution in [-0.2, 0) is 17.7 Å². The lowest BCUT2D eigenvalue weighted by Gasteiger charge is -2.23. The van der Waals surface area contributed by atoms with Crippen LogP contribution in [-0.4, -0.2) is 19.3 Å². The molecule has 1 fully saturated rings. The Labute approximate surface area is 104 Å². The summed E-state index contributed by atoms with van der Waals surface area (Å²) in [5, 5.41) is 3.52. The van der Waals surface area contributed by atoms with E-state index in [0.29, 0.717) is 6.10 Å². The SMILES string of the molecule is CCc1ccccc1CNCC1CCCCO1. The summed E-state index contributed by atoms with van der Waals surface area (Å²) in [7, 11) is 0. The third-order valence-electron chi connectivity index (χ3n) is 3.46. The molecule has 1 aromatic rings. The van der Waals surface area contributed by atoms with Crippen LogP contribution in [0.4, 0.5) is 0 Å². The van der Waals surface area contributed by atoms with Crippen molar-refractivity contribution in [2.45, 2.75) is 45.3 Å². The molecule has 1 unspecified atom stereocenters. The van der Waals surface area contributed by atoms with Gasteiger partial charge < -0.3 is 10.1 Å². The molecule has 1 heterocycles. The molecule has 0 spiro atoms. The van der Waals surface area contributed by atoms with E-state index < -0.39 is 0 Å². The number of ether oxygens (including phenoxy) is 1. The molecule has 1 aliphatic heterocycles. The van der Waals surface area contributed by atoms with Gasteiger partial charge in [0.15, 0.2) is 0 Å². The second-order valence-corrected chi connectivity index (χ2v) is 4.74. The summed E-state index contributed by atoms with van der Waals surface area (Å²) < 4.78 is 5.71. The summed E-state index contributed by atoms with van der Waals surface area (Å²) >= 11 is 0. The number of hydrogen-bond donors (Lipinski definition) is 1. The summed E-state index contributed by atoms with van der Waals surface area (Å²) in [6.07, 6.45) is 5.30. The van der Waals surface area contributed by atoms with Crippen LogP contribution in [0.5, 0.6) is 0 Å². The van der Waals surface area contributed by atoms with E-state index in [4.69, 9.17) is 4.74 Å². The molecule has 0 saturated carbocycles. The zero-order chi connectivity index (χ0) is 11.9. The molecule has 0 radical (unpaired) electrons. The topological polar surface area (TPSA) is 21.3 Å². The van der Waals surface area contributed by atoms with Crippen LogP contribution >= 0.6 is 0 Å². The predicted octanol–water partition coefficient (Wildman–Crippen LogP) is 2.91. The zero-order valence-electron chi connectivity index (χ0n) is 10.7. The average molecular weight is 233 g/mol. The Balaban J connectivity index is 1.77. The van der Waals surface area contributed by atoms with Crippen molar-refractivity contribution in [3.05, 3.63) is 35.4 Å². The summed E-state index contributed by atoms with van der Waals surface area (Å²) in [6, 6.07) is 8.67. The molecule has 1 aliphatic rings. The molecular formula is C15H23NO. The molecule has 17 heavy (non-hydrogen) atoms. The smallest absolute Gasteiger partial charge is 0.0699 e. The zero-order valence-corrected chi connectivity index (χ0v) is 10.7. The molecule has 0 aliphatic carbocycles. The monoisotopic (exact) mass is 233 g/mol. The van der Waals surface area contributed by atoms with Crippen LogP contribution in [0, 0.1) is 0 Å². The molecule has 0 amide bonds. The van der Waals surface area contributed by atoms with Crippen molar-refractivity contribution in [2.75, 3.05) is 13.2 Å². The van der Waals surface area contributed by atoms with E-state index in [1.165, 1.54) is 30.4 Å². The highest BCUT2D eigenvalue weighted by Crippen LogP contribution is 2.12. The Morgan fingerprint density at radius 2 is 2.06 bits per heavy atom. The van der Waals surface area contributed by atoms with Crippen molar-refractivity contribution in [1.82, 2.24) is 5.32 Å². The largest absolute Gasteiger partial charge is 0.377 e. The molecule has 1 saturated heterocycles. The number of nitrogens with one attached hydrogen (secondary N) is 1. The quantitative estimate of drug-likeness (QED) is 0.844. The van der Waals surface area contributed by atoms with Gasteiger partial charge in [0.25, 0.3) is 0 Å². The Morgan fingerprint density at radius 1 is 1.24 bits per heavy atom. The molecule has 0 bridgehead atoms. The normalized spacial score (nSPS) is 20.4. The summed E-state index contributed by atoms with van der Waals surface area (Å²) in [6.45, 7) is 5.10. The van der Waals surface area contributed by atoms with Crippen molar-refractivity contribution in [3.63, 3.8) is 0 Å². The van der Waals surface area contributed by atoms with Crippen LogP contribution in [0.1, 0.15) is 37.3 Å². The molecule has 2 nitrogen and oxygen atoms in total. The first kappa shape index (κ1) is 12.6. The van der Waals surface area contributed by atoms with Gasteiger partial charge in [0, 0.05) is 19.7 Å². The summed E-state index contributed by atoms with van der Waals surface area (Å²) in [5.74, 6) is 0. The standard InChI is InChI=1S/C15H23NO/c1-2-13-7-3-4-8-14(13)11-16-12-15-9-5-6-10-17-15/h3-4,7-8,15-16H,2,5-6,9-12H2,1H3. The first-order chi connectivity index (χ1) is 8.40. The van der Waals surface area contributed by atoms with Gasteiger partial charge in [-0.25, -0.2) is 0 Å². The van der Waals surface area contributed by atoms with Crippen LogP contribution in [0.2, 0.25) is 0 Å². The highest BCUT2D eigenvalue weighted by Gasteiger charge is 2.12. The van der Waals surface area contributed by atoms with E-state index in [1.807, 2.05) is 0 Å². The fourth-order valence-corrected chi connectivity index (χ4v) is 2.41. The number of rotatable bonds is 5. The van der Waals surface area contributed by atoms with Crippen molar-refractivity contribution in [2.24, 2.45) is 0 Å². The Morgan fingerprint density at radius 3 is 2.76 bits per heavy atom. The Kier molecular flexibility index (Phi) is 5.02. The molecule has 2 heteroatoms. The minimum absolute atomic E-state index is 0.428. The van der Waals surface area contributed by atoms with E-state index in [2.05, 4.69) is 36.5 Å². The maximum Gasteiger partial charge on any atom is 0.0699 e. The Bertz CT molecular complexity index is 331. The van der Waals surface area contributed by atoms with E-state index in [9.17, 15) is 0 Å². The third-order valence-corrected chi connectivity index (χ3v) is 3.46. The minimum Gasteiger partial charge on any atom is -0.377 e. The third kappa shape index (κ3) is 3.83. The second kappa shape index (κ2) is 6.77. The highest BCUT2D eigenvalue weighted by molar-refractivity contribution is 5.26. The molecule has 0 aromatic heterocycles. The van der Waals surface area contributed by atoms with E-state index in [1.54, 1.807) is 0 Å². The van der Waals surface area contributed by atoms with Gasteiger partial charge in [-0.2, -0.15) is 0 Å². The van der Waals surface area contributed by atoms with Crippen LogP contribution in [0.3, 0.4) is 0 Å². The number of hydrogen-bond acceptors (Lipinski definition) is 2. The number of benzene rings is 1. The lowest BCUT2D eigenvalue weighted by molar-refractivity contribution is 0.0168. The average Bonchev–Trinajstić information content (AvgIpc) is 2.40. The molecule has 94 valence electrons. The van der Waals surface area contributed by atoms with Gasteiger partial charge in [0.2, 0.25) is 0 Å².